The van der Waals surface area contributed by atoms with Crippen LogP contribution in [0.25, 0.3) is 17.2 Å². The molecule has 1 amide bonds. The summed E-state index contributed by atoms with van der Waals surface area (Å²) >= 11 is 1.18. The van der Waals surface area contributed by atoms with Crippen molar-refractivity contribution in [1.82, 2.24) is 0 Å². The standard InChI is InChI=1S/C24H20FNO5S/c1-2-30-24(29)22-19(17-6-4-3-5-7-17)15-32-23(22)26-20(27)14-31-21(28)13-10-16-8-11-18(25)12-9-16/h3-13,15H,2,14H2,1H3,(H,26,27). The molecule has 1 aromatic heterocycles. The molecular formula is C24H20FNO5S. The Balaban J connectivity index is 1.65. The van der Waals surface area contributed by atoms with Crippen LogP contribution in [-0.2, 0) is 19.1 Å². The molecule has 6 nitrogen and oxygen atoms in total. The van der Waals surface area contributed by atoms with Crippen LogP contribution in [-0.4, -0.2) is 31.1 Å². The van der Waals surface area contributed by atoms with Crippen molar-refractivity contribution in [2.75, 3.05) is 18.5 Å². The van der Waals surface area contributed by atoms with E-state index in [1.165, 1.54) is 41.7 Å². The Bertz CT molecular complexity index is 1120. The number of carbonyl (C=O) groups is 3. The number of thiophene rings is 1. The monoisotopic (exact) mass is 453 g/mol. The van der Waals surface area contributed by atoms with Crippen molar-refractivity contribution in [3.8, 4) is 11.1 Å². The molecule has 0 spiro atoms. The summed E-state index contributed by atoms with van der Waals surface area (Å²) in [5.41, 5.74) is 2.31. The zero-order valence-corrected chi connectivity index (χ0v) is 18.0. The van der Waals surface area contributed by atoms with Crippen LogP contribution in [0, 0.1) is 5.82 Å². The molecule has 0 aliphatic rings. The van der Waals surface area contributed by atoms with E-state index < -0.39 is 24.5 Å². The van der Waals surface area contributed by atoms with E-state index in [1.807, 2.05) is 30.3 Å². The first-order chi connectivity index (χ1) is 15.5. The summed E-state index contributed by atoms with van der Waals surface area (Å²) in [5, 5.41) is 4.68. The van der Waals surface area contributed by atoms with Crippen LogP contribution in [0.2, 0.25) is 0 Å². The van der Waals surface area contributed by atoms with E-state index >= 15 is 0 Å². The predicted molar refractivity (Wildman–Crippen MR) is 121 cm³/mol. The van der Waals surface area contributed by atoms with Gasteiger partial charge in [0.25, 0.3) is 5.91 Å². The molecule has 3 aromatic rings. The number of hydrogen-bond acceptors (Lipinski definition) is 6. The summed E-state index contributed by atoms with van der Waals surface area (Å²) in [7, 11) is 0. The lowest BCUT2D eigenvalue weighted by Crippen LogP contribution is -2.21. The van der Waals surface area contributed by atoms with Gasteiger partial charge in [0, 0.05) is 17.0 Å². The van der Waals surface area contributed by atoms with Crippen molar-refractivity contribution < 1.29 is 28.2 Å². The van der Waals surface area contributed by atoms with E-state index in [4.69, 9.17) is 9.47 Å². The minimum absolute atomic E-state index is 0.189. The van der Waals surface area contributed by atoms with Gasteiger partial charge in [-0.05, 0) is 36.3 Å². The first kappa shape index (κ1) is 22.9. The summed E-state index contributed by atoms with van der Waals surface area (Å²) in [4.78, 5) is 36.7. The Hall–Kier alpha value is -3.78. The maximum atomic E-state index is 12.9. The Kier molecular flexibility index (Phi) is 7.88. The lowest BCUT2D eigenvalue weighted by atomic mass is 10.0. The lowest BCUT2D eigenvalue weighted by Gasteiger charge is -2.09. The van der Waals surface area contributed by atoms with Crippen molar-refractivity contribution in [3.63, 3.8) is 0 Å². The van der Waals surface area contributed by atoms with Crippen LogP contribution >= 0.6 is 11.3 Å². The number of halogens is 1. The SMILES string of the molecule is CCOC(=O)c1c(-c2ccccc2)csc1NC(=O)COC(=O)C=Cc1ccc(F)cc1. The Morgan fingerprint density at radius 2 is 1.75 bits per heavy atom. The first-order valence-corrected chi connectivity index (χ1v) is 10.6. The van der Waals surface area contributed by atoms with Gasteiger partial charge in [-0.3, -0.25) is 4.79 Å². The molecule has 0 unspecified atom stereocenters. The summed E-state index contributed by atoms with van der Waals surface area (Å²) in [6.07, 6.45) is 2.59. The van der Waals surface area contributed by atoms with Crippen LogP contribution in [0.5, 0.6) is 0 Å². The molecule has 0 atom stereocenters. The summed E-state index contributed by atoms with van der Waals surface area (Å²) in [6.45, 7) is 1.35. The lowest BCUT2D eigenvalue weighted by molar-refractivity contribution is -0.142. The van der Waals surface area contributed by atoms with Gasteiger partial charge in [-0.2, -0.15) is 0 Å². The Labute approximate surface area is 188 Å². The summed E-state index contributed by atoms with van der Waals surface area (Å²) < 4.78 is 23.0. The second-order valence-electron chi connectivity index (χ2n) is 6.48. The molecule has 0 bridgehead atoms. The maximum Gasteiger partial charge on any atom is 0.341 e. The van der Waals surface area contributed by atoms with Crippen LogP contribution in [0.3, 0.4) is 0 Å². The molecular weight excluding hydrogens is 433 g/mol. The molecule has 0 saturated heterocycles. The zero-order valence-electron chi connectivity index (χ0n) is 17.2. The highest BCUT2D eigenvalue weighted by molar-refractivity contribution is 7.15. The van der Waals surface area contributed by atoms with Crippen molar-refractivity contribution in [2.45, 2.75) is 6.92 Å². The minimum atomic E-state index is -0.730. The number of benzene rings is 2. The molecule has 0 saturated carbocycles. The van der Waals surface area contributed by atoms with E-state index in [0.717, 1.165) is 11.6 Å². The van der Waals surface area contributed by atoms with Gasteiger partial charge in [0.1, 0.15) is 16.4 Å². The van der Waals surface area contributed by atoms with E-state index in [0.29, 0.717) is 16.1 Å². The average Bonchev–Trinajstić information content (AvgIpc) is 3.21. The van der Waals surface area contributed by atoms with Gasteiger partial charge in [0.2, 0.25) is 0 Å². The van der Waals surface area contributed by atoms with Crippen LogP contribution in [0.4, 0.5) is 9.39 Å². The third kappa shape index (κ3) is 6.12. The predicted octanol–water partition coefficient (Wildman–Crippen LogP) is 4.93. The number of ether oxygens (including phenoxy) is 2. The minimum Gasteiger partial charge on any atom is -0.462 e. The molecule has 0 aliphatic carbocycles. The number of amides is 1. The topological polar surface area (TPSA) is 81.7 Å². The second kappa shape index (κ2) is 11.0. The fraction of sp³-hybridized carbons (Fsp3) is 0.125. The van der Waals surface area contributed by atoms with Gasteiger partial charge in [0.15, 0.2) is 6.61 Å². The fourth-order valence-corrected chi connectivity index (χ4v) is 3.75. The first-order valence-electron chi connectivity index (χ1n) is 9.72. The molecule has 164 valence electrons. The molecule has 0 fully saturated rings. The average molecular weight is 453 g/mol. The number of esters is 2. The normalized spacial score (nSPS) is 10.7. The highest BCUT2D eigenvalue weighted by Gasteiger charge is 2.23. The van der Waals surface area contributed by atoms with Gasteiger partial charge in [-0.1, -0.05) is 42.5 Å². The Morgan fingerprint density at radius 1 is 1.03 bits per heavy atom. The quantitative estimate of drug-likeness (QED) is 0.387. The van der Waals surface area contributed by atoms with Gasteiger partial charge in [-0.25, -0.2) is 14.0 Å². The van der Waals surface area contributed by atoms with Crippen molar-refractivity contribution >= 4 is 40.3 Å². The molecule has 8 heteroatoms. The molecule has 1 N–H and O–H groups in total. The van der Waals surface area contributed by atoms with Crippen LogP contribution in [0.15, 0.2) is 66.1 Å². The van der Waals surface area contributed by atoms with Gasteiger partial charge >= 0.3 is 11.9 Å². The third-order valence-electron chi connectivity index (χ3n) is 4.24. The smallest absolute Gasteiger partial charge is 0.341 e. The van der Waals surface area contributed by atoms with Gasteiger partial charge in [-0.15, -0.1) is 11.3 Å². The molecule has 3 rings (SSSR count). The third-order valence-corrected chi connectivity index (χ3v) is 5.13. The van der Waals surface area contributed by atoms with Gasteiger partial charge in [0.05, 0.1) is 6.61 Å². The summed E-state index contributed by atoms with van der Waals surface area (Å²) in [5.74, 6) is -2.26. The molecule has 1 heterocycles. The molecule has 0 radical (unpaired) electrons. The number of rotatable bonds is 8. The molecule has 32 heavy (non-hydrogen) atoms. The second-order valence-corrected chi connectivity index (χ2v) is 7.36. The van der Waals surface area contributed by atoms with Crippen LogP contribution < -0.4 is 5.32 Å². The van der Waals surface area contributed by atoms with Crippen molar-refractivity contribution in [3.05, 3.63) is 83.0 Å². The number of nitrogens with one attached hydrogen (secondary N) is 1. The van der Waals surface area contributed by atoms with E-state index in [1.54, 1.807) is 12.3 Å². The highest BCUT2D eigenvalue weighted by Crippen LogP contribution is 2.36. The van der Waals surface area contributed by atoms with Crippen molar-refractivity contribution in [2.24, 2.45) is 0 Å². The van der Waals surface area contributed by atoms with Gasteiger partial charge < -0.3 is 14.8 Å². The maximum absolute atomic E-state index is 12.9. The number of hydrogen-bond donors (Lipinski definition) is 1. The van der Waals surface area contributed by atoms with E-state index in [2.05, 4.69) is 5.32 Å². The van der Waals surface area contributed by atoms with E-state index in [9.17, 15) is 18.8 Å². The molecule has 0 aliphatic heterocycles. The molecule has 2 aromatic carbocycles. The fourth-order valence-electron chi connectivity index (χ4n) is 2.77. The summed E-state index contributed by atoms with van der Waals surface area (Å²) in [6, 6.07) is 14.8. The number of anilines is 1. The van der Waals surface area contributed by atoms with E-state index in [-0.39, 0.29) is 18.0 Å². The van der Waals surface area contributed by atoms with Crippen LogP contribution in [0.1, 0.15) is 22.8 Å². The number of carbonyl (C=O) groups excluding carboxylic acids is 3. The zero-order chi connectivity index (χ0) is 22.9. The highest BCUT2D eigenvalue weighted by atomic mass is 32.1. The Morgan fingerprint density at radius 3 is 2.44 bits per heavy atom. The largest absolute Gasteiger partial charge is 0.462 e. The van der Waals surface area contributed by atoms with Crippen molar-refractivity contribution in [1.29, 1.82) is 0 Å².